The molecule has 0 aromatic heterocycles. The standard InChI is InChI=1S/C13H14Cl2N2O4/c1-7-6-16(3-2-11(7)18)13(19)8-4-9(14)12(15)10(5-8)17(20)21/h4-5,7,11,18H,2-3,6H2,1H3. The molecule has 1 aliphatic rings. The van der Waals surface area contributed by atoms with Gasteiger partial charge in [0, 0.05) is 24.7 Å². The van der Waals surface area contributed by atoms with Gasteiger partial charge in [-0.2, -0.15) is 0 Å². The molecule has 2 atom stereocenters. The van der Waals surface area contributed by atoms with Crippen molar-refractivity contribution in [2.75, 3.05) is 13.1 Å². The SMILES string of the molecule is CC1CN(C(=O)c2cc(Cl)c(Cl)c([N+](=O)[O-])c2)CCC1O. The Hall–Kier alpha value is -1.37. The largest absolute Gasteiger partial charge is 0.393 e. The number of aliphatic hydroxyl groups is 1. The summed E-state index contributed by atoms with van der Waals surface area (Å²) in [5.74, 6) is -0.393. The van der Waals surface area contributed by atoms with E-state index in [0.29, 0.717) is 19.5 Å². The second-order valence-corrected chi connectivity index (χ2v) is 5.92. The molecule has 1 aliphatic heterocycles. The van der Waals surface area contributed by atoms with Crippen molar-refractivity contribution in [3.8, 4) is 0 Å². The molecule has 2 rings (SSSR count). The van der Waals surface area contributed by atoms with Gasteiger partial charge in [-0.3, -0.25) is 14.9 Å². The van der Waals surface area contributed by atoms with Gasteiger partial charge >= 0.3 is 0 Å². The van der Waals surface area contributed by atoms with Gasteiger partial charge in [-0.05, 0) is 18.4 Å². The number of piperidine rings is 1. The van der Waals surface area contributed by atoms with Crippen LogP contribution in [-0.2, 0) is 0 Å². The molecule has 1 aromatic rings. The fourth-order valence-corrected chi connectivity index (χ4v) is 2.72. The normalized spacial score (nSPS) is 22.2. The average molecular weight is 333 g/mol. The lowest BCUT2D eigenvalue weighted by atomic mass is 9.96. The van der Waals surface area contributed by atoms with Crippen molar-refractivity contribution in [1.82, 2.24) is 4.90 Å². The number of benzene rings is 1. The fourth-order valence-electron chi connectivity index (χ4n) is 2.33. The molecule has 1 amide bonds. The molecular weight excluding hydrogens is 319 g/mol. The lowest BCUT2D eigenvalue weighted by Crippen LogP contribution is -2.44. The Morgan fingerprint density at radius 3 is 2.71 bits per heavy atom. The predicted octanol–water partition coefficient (Wildman–Crippen LogP) is 2.74. The minimum Gasteiger partial charge on any atom is -0.393 e. The molecule has 0 bridgehead atoms. The van der Waals surface area contributed by atoms with Crippen molar-refractivity contribution < 1.29 is 14.8 Å². The van der Waals surface area contributed by atoms with Gasteiger partial charge < -0.3 is 10.0 Å². The van der Waals surface area contributed by atoms with E-state index in [4.69, 9.17) is 23.2 Å². The molecular formula is C13H14Cl2N2O4. The van der Waals surface area contributed by atoms with E-state index in [1.165, 1.54) is 6.07 Å². The van der Waals surface area contributed by atoms with E-state index < -0.39 is 16.7 Å². The molecule has 1 fully saturated rings. The van der Waals surface area contributed by atoms with Gasteiger partial charge in [0.2, 0.25) is 0 Å². The highest BCUT2D eigenvalue weighted by Gasteiger charge is 2.29. The molecule has 0 radical (unpaired) electrons. The van der Waals surface area contributed by atoms with Crippen molar-refractivity contribution >= 4 is 34.8 Å². The number of likely N-dealkylation sites (tertiary alicyclic amines) is 1. The Morgan fingerprint density at radius 2 is 2.14 bits per heavy atom. The third-order valence-corrected chi connectivity index (χ3v) is 4.39. The van der Waals surface area contributed by atoms with Gasteiger partial charge in [0.05, 0.1) is 16.0 Å². The number of hydrogen-bond acceptors (Lipinski definition) is 4. The maximum atomic E-state index is 12.4. The van der Waals surface area contributed by atoms with Crippen molar-refractivity contribution in [2.45, 2.75) is 19.4 Å². The third kappa shape index (κ3) is 3.28. The second kappa shape index (κ2) is 6.17. The number of carbonyl (C=O) groups is 1. The first-order chi connectivity index (χ1) is 9.81. The van der Waals surface area contributed by atoms with E-state index in [1.807, 2.05) is 6.92 Å². The van der Waals surface area contributed by atoms with Gasteiger partial charge in [-0.25, -0.2) is 0 Å². The smallest absolute Gasteiger partial charge is 0.290 e. The van der Waals surface area contributed by atoms with Crippen LogP contribution in [0.3, 0.4) is 0 Å². The number of nitrogens with zero attached hydrogens (tertiary/aromatic N) is 2. The van der Waals surface area contributed by atoms with Crippen LogP contribution in [0.5, 0.6) is 0 Å². The van der Waals surface area contributed by atoms with Crippen molar-refractivity contribution in [1.29, 1.82) is 0 Å². The van der Waals surface area contributed by atoms with Gasteiger partial charge in [0.15, 0.2) is 0 Å². The molecule has 1 N–H and O–H groups in total. The van der Waals surface area contributed by atoms with Crippen LogP contribution in [0.15, 0.2) is 12.1 Å². The van der Waals surface area contributed by atoms with Crippen LogP contribution >= 0.6 is 23.2 Å². The number of amides is 1. The average Bonchev–Trinajstić information content (AvgIpc) is 2.43. The molecule has 2 unspecified atom stereocenters. The van der Waals surface area contributed by atoms with Crippen molar-refractivity contribution in [2.24, 2.45) is 5.92 Å². The Bertz CT molecular complexity index is 594. The summed E-state index contributed by atoms with van der Waals surface area (Å²) in [5.41, 5.74) is -0.266. The summed E-state index contributed by atoms with van der Waals surface area (Å²) in [6.45, 7) is 2.65. The molecule has 0 saturated carbocycles. The summed E-state index contributed by atoms with van der Waals surface area (Å²) in [7, 11) is 0. The highest BCUT2D eigenvalue weighted by Crippen LogP contribution is 2.33. The third-order valence-electron chi connectivity index (χ3n) is 3.60. The zero-order valence-electron chi connectivity index (χ0n) is 11.3. The maximum Gasteiger partial charge on any atom is 0.290 e. The minimum atomic E-state index is -0.673. The molecule has 0 aliphatic carbocycles. The number of hydrogen-bond donors (Lipinski definition) is 1. The second-order valence-electron chi connectivity index (χ2n) is 5.13. The lowest BCUT2D eigenvalue weighted by molar-refractivity contribution is -0.384. The topological polar surface area (TPSA) is 83.7 Å². The summed E-state index contributed by atoms with van der Waals surface area (Å²) < 4.78 is 0. The highest BCUT2D eigenvalue weighted by atomic mass is 35.5. The number of aliphatic hydroxyl groups excluding tert-OH is 1. The molecule has 0 spiro atoms. The molecule has 1 heterocycles. The van der Waals surface area contributed by atoms with Crippen LogP contribution in [-0.4, -0.2) is 40.0 Å². The molecule has 6 nitrogen and oxygen atoms in total. The van der Waals surface area contributed by atoms with E-state index in [0.717, 1.165) is 6.07 Å². The molecule has 1 saturated heterocycles. The minimum absolute atomic E-state index is 0.0284. The van der Waals surface area contributed by atoms with E-state index in [-0.39, 0.29) is 27.4 Å². The quantitative estimate of drug-likeness (QED) is 0.666. The van der Waals surface area contributed by atoms with Crippen LogP contribution in [0.25, 0.3) is 0 Å². The van der Waals surface area contributed by atoms with Crippen LogP contribution in [0.4, 0.5) is 5.69 Å². The van der Waals surface area contributed by atoms with E-state index >= 15 is 0 Å². The zero-order valence-corrected chi connectivity index (χ0v) is 12.8. The first kappa shape index (κ1) is 16.0. The Balaban J connectivity index is 2.30. The zero-order chi connectivity index (χ0) is 15.7. The number of nitro groups is 1. The van der Waals surface area contributed by atoms with Gasteiger partial charge in [0.1, 0.15) is 5.02 Å². The summed E-state index contributed by atoms with van der Waals surface area (Å²) in [6, 6.07) is 2.46. The van der Waals surface area contributed by atoms with Crippen molar-refractivity contribution in [3.05, 3.63) is 37.9 Å². The van der Waals surface area contributed by atoms with Crippen LogP contribution in [0.2, 0.25) is 10.0 Å². The molecule has 114 valence electrons. The Labute approximate surface area is 131 Å². The number of nitro benzene ring substituents is 1. The van der Waals surface area contributed by atoms with Crippen molar-refractivity contribution in [3.63, 3.8) is 0 Å². The maximum absolute atomic E-state index is 12.4. The Kier molecular flexibility index (Phi) is 4.70. The number of halogens is 2. The monoisotopic (exact) mass is 332 g/mol. The fraction of sp³-hybridized carbons (Fsp3) is 0.462. The van der Waals surface area contributed by atoms with Crippen LogP contribution < -0.4 is 0 Å². The van der Waals surface area contributed by atoms with E-state index in [1.54, 1.807) is 4.90 Å². The van der Waals surface area contributed by atoms with Gasteiger partial charge in [-0.15, -0.1) is 0 Å². The van der Waals surface area contributed by atoms with Crippen LogP contribution in [0.1, 0.15) is 23.7 Å². The number of carbonyl (C=O) groups excluding carboxylic acids is 1. The van der Waals surface area contributed by atoms with Gasteiger partial charge in [-0.1, -0.05) is 30.1 Å². The molecule has 21 heavy (non-hydrogen) atoms. The number of rotatable bonds is 2. The summed E-state index contributed by atoms with van der Waals surface area (Å²) in [5, 5.41) is 20.4. The highest BCUT2D eigenvalue weighted by molar-refractivity contribution is 6.43. The molecule has 8 heteroatoms. The molecule has 1 aromatic carbocycles. The predicted molar refractivity (Wildman–Crippen MR) is 78.8 cm³/mol. The first-order valence-corrected chi connectivity index (χ1v) is 7.17. The van der Waals surface area contributed by atoms with E-state index in [9.17, 15) is 20.0 Å². The van der Waals surface area contributed by atoms with Gasteiger partial charge in [0.25, 0.3) is 11.6 Å². The summed E-state index contributed by atoms with van der Waals surface area (Å²) in [6.07, 6.45) is 0.0493. The van der Waals surface area contributed by atoms with Crippen LogP contribution in [0, 0.1) is 16.0 Å². The van der Waals surface area contributed by atoms with E-state index in [2.05, 4.69) is 0 Å². The Morgan fingerprint density at radius 1 is 1.48 bits per heavy atom. The summed E-state index contributed by atoms with van der Waals surface area (Å²) in [4.78, 5) is 24.2. The summed E-state index contributed by atoms with van der Waals surface area (Å²) >= 11 is 11.6. The lowest BCUT2D eigenvalue weighted by Gasteiger charge is -2.34. The first-order valence-electron chi connectivity index (χ1n) is 6.42.